The number of hydrogen-bond donors (Lipinski definition) is 0. The maximum Gasteiger partial charge on any atom is 0.358 e. The van der Waals surface area contributed by atoms with Gasteiger partial charge in [-0.1, -0.05) is 48.6 Å². The average Bonchev–Trinajstić information content (AvgIpc) is 2.73. The van der Waals surface area contributed by atoms with Gasteiger partial charge in [-0.05, 0) is 25.1 Å². The van der Waals surface area contributed by atoms with Crippen molar-refractivity contribution in [3.63, 3.8) is 0 Å². The zero-order chi connectivity index (χ0) is 21.3. The Balaban J connectivity index is 1.89. The Labute approximate surface area is 174 Å². The number of fused-ring (bicyclic) bond motifs is 1. The van der Waals surface area contributed by atoms with Gasteiger partial charge in [0.15, 0.2) is 0 Å². The van der Waals surface area contributed by atoms with E-state index >= 15 is 0 Å². The van der Waals surface area contributed by atoms with Crippen LogP contribution in [0.4, 0.5) is 11.4 Å². The van der Waals surface area contributed by atoms with Crippen molar-refractivity contribution in [3.8, 4) is 5.69 Å². The Bertz CT molecular complexity index is 1160. The molecule has 0 aliphatic carbocycles. The molecule has 0 radical (unpaired) electrons. The van der Waals surface area contributed by atoms with E-state index in [-0.39, 0.29) is 5.69 Å². The van der Waals surface area contributed by atoms with Crippen LogP contribution in [0.25, 0.3) is 16.6 Å². The summed E-state index contributed by atoms with van der Waals surface area (Å²) < 4.78 is 1.44. The van der Waals surface area contributed by atoms with Gasteiger partial charge in [0.2, 0.25) is 0 Å². The molecule has 1 saturated heterocycles. The lowest BCUT2D eigenvalue weighted by atomic mass is 10.1. The van der Waals surface area contributed by atoms with E-state index in [1.165, 1.54) is 4.57 Å². The zero-order valence-corrected chi connectivity index (χ0v) is 17.0. The van der Waals surface area contributed by atoms with Crippen molar-refractivity contribution >= 4 is 22.3 Å². The molecule has 1 fully saturated rings. The van der Waals surface area contributed by atoms with Crippen molar-refractivity contribution in [2.45, 2.75) is 6.92 Å². The summed E-state index contributed by atoms with van der Waals surface area (Å²) in [5.41, 5.74) is 1.81. The number of para-hydroxylation sites is 2. The van der Waals surface area contributed by atoms with Gasteiger partial charge < -0.3 is 4.90 Å². The topological polar surface area (TPSA) is 71.6 Å². The van der Waals surface area contributed by atoms with Crippen LogP contribution in [-0.4, -0.2) is 47.1 Å². The third-order valence-corrected chi connectivity index (χ3v) is 5.41. The van der Waals surface area contributed by atoms with Crippen LogP contribution in [0.2, 0.25) is 0 Å². The number of nitrogens with zero attached hydrogens (tertiary/aromatic N) is 4. The Morgan fingerprint density at radius 1 is 1.03 bits per heavy atom. The number of piperazine rings is 1. The first-order chi connectivity index (χ1) is 14.5. The Hall–Kier alpha value is -3.45. The summed E-state index contributed by atoms with van der Waals surface area (Å²) in [6.45, 7) is 9.54. The van der Waals surface area contributed by atoms with Crippen LogP contribution in [0.5, 0.6) is 0 Å². The second-order valence-corrected chi connectivity index (χ2v) is 7.67. The van der Waals surface area contributed by atoms with Gasteiger partial charge in [0.1, 0.15) is 5.69 Å². The Morgan fingerprint density at radius 2 is 1.67 bits per heavy atom. The summed E-state index contributed by atoms with van der Waals surface area (Å²) in [7, 11) is 0. The molecule has 7 heteroatoms. The molecule has 0 unspecified atom stereocenters. The minimum absolute atomic E-state index is 0.370. The van der Waals surface area contributed by atoms with E-state index in [9.17, 15) is 14.9 Å². The summed E-state index contributed by atoms with van der Waals surface area (Å²) in [6.07, 6.45) is 0. The molecule has 30 heavy (non-hydrogen) atoms. The molecular weight excluding hydrogens is 380 g/mol. The summed E-state index contributed by atoms with van der Waals surface area (Å²) in [5.74, 6) is 0. The van der Waals surface area contributed by atoms with Crippen molar-refractivity contribution in [3.05, 3.63) is 87.2 Å². The van der Waals surface area contributed by atoms with Crippen molar-refractivity contribution in [1.82, 2.24) is 9.47 Å². The van der Waals surface area contributed by atoms with Crippen LogP contribution in [0.15, 0.2) is 71.5 Å². The predicted molar refractivity (Wildman–Crippen MR) is 120 cm³/mol. The molecule has 4 rings (SSSR count). The second kappa shape index (κ2) is 8.12. The van der Waals surface area contributed by atoms with E-state index in [0.29, 0.717) is 35.4 Å². The lowest BCUT2D eigenvalue weighted by Crippen LogP contribution is -2.47. The summed E-state index contributed by atoms with van der Waals surface area (Å²) in [4.78, 5) is 29.2. The van der Waals surface area contributed by atoms with E-state index in [2.05, 4.69) is 11.5 Å². The Kier molecular flexibility index (Phi) is 5.37. The molecule has 7 nitrogen and oxygen atoms in total. The van der Waals surface area contributed by atoms with E-state index < -0.39 is 10.5 Å². The van der Waals surface area contributed by atoms with Crippen LogP contribution in [-0.2, 0) is 0 Å². The monoisotopic (exact) mass is 404 g/mol. The summed E-state index contributed by atoms with van der Waals surface area (Å²) in [6, 6.07) is 16.5. The van der Waals surface area contributed by atoms with Gasteiger partial charge >= 0.3 is 11.2 Å². The lowest BCUT2D eigenvalue weighted by Gasteiger charge is -2.36. The minimum atomic E-state index is -0.607. The fourth-order valence-electron chi connectivity index (χ4n) is 4.14. The van der Waals surface area contributed by atoms with Gasteiger partial charge in [-0.3, -0.25) is 24.4 Å². The van der Waals surface area contributed by atoms with E-state index in [4.69, 9.17) is 0 Å². The van der Waals surface area contributed by atoms with E-state index in [0.717, 1.165) is 25.2 Å². The molecule has 2 aromatic carbocycles. The number of aromatic nitrogens is 1. The van der Waals surface area contributed by atoms with Gasteiger partial charge in [0.25, 0.3) is 0 Å². The quantitative estimate of drug-likeness (QED) is 0.369. The number of pyridine rings is 1. The number of nitro groups is 1. The van der Waals surface area contributed by atoms with Crippen LogP contribution >= 0.6 is 0 Å². The normalized spacial score (nSPS) is 14.8. The molecule has 1 aliphatic heterocycles. The summed E-state index contributed by atoms with van der Waals surface area (Å²) >= 11 is 0. The third kappa shape index (κ3) is 3.59. The highest BCUT2D eigenvalue weighted by molar-refractivity contribution is 5.97. The van der Waals surface area contributed by atoms with Crippen LogP contribution in [0.3, 0.4) is 0 Å². The number of hydrogen-bond acceptors (Lipinski definition) is 5. The molecule has 0 saturated carbocycles. The Morgan fingerprint density at radius 3 is 2.30 bits per heavy atom. The average molecular weight is 404 g/mol. The number of rotatable bonds is 5. The number of anilines is 1. The van der Waals surface area contributed by atoms with Crippen molar-refractivity contribution in [2.75, 3.05) is 37.6 Å². The van der Waals surface area contributed by atoms with E-state index in [1.54, 1.807) is 12.1 Å². The first-order valence-electron chi connectivity index (χ1n) is 9.96. The predicted octanol–water partition coefficient (Wildman–Crippen LogP) is 3.60. The van der Waals surface area contributed by atoms with Crippen LogP contribution in [0, 0.1) is 10.1 Å². The largest absolute Gasteiger partial charge is 0.363 e. The van der Waals surface area contributed by atoms with Crippen molar-refractivity contribution in [1.29, 1.82) is 0 Å². The SMILES string of the molecule is C=C(C)CN1CCN(c2c([N+](=O)[O-])c(=O)n(-c3ccccc3)c3ccccc23)CC1. The van der Waals surface area contributed by atoms with Gasteiger partial charge in [-0.25, -0.2) is 0 Å². The van der Waals surface area contributed by atoms with Crippen molar-refractivity contribution in [2.24, 2.45) is 0 Å². The van der Waals surface area contributed by atoms with E-state index in [1.807, 2.05) is 54.3 Å². The fourth-order valence-corrected chi connectivity index (χ4v) is 4.14. The zero-order valence-electron chi connectivity index (χ0n) is 17.0. The molecule has 0 bridgehead atoms. The molecule has 0 spiro atoms. The van der Waals surface area contributed by atoms with Gasteiger partial charge in [-0.2, -0.15) is 0 Å². The van der Waals surface area contributed by atoms with Gasteiger partial charge in [-0.15, -0.1) is 0 Å². The highest BCUT2D eigenvalue weighted by atomic mass is 16.6. The van der Waals surface area contributed by atoms with Crippen LogP contribution in [0.1, 0.15) is 6.92 Å². The first-order valence-corrected chi connectivity index (χ1v) is 9.96. The molecule has 0 N–H and O–H groups in total. The highest BCUT2D eigenvalue weighted by Gasteiger charge is 2.31. The summed E-state index contributed by atoms with van der Waals surface area (Å²) in [5, 5.41) is 12.8. The first kappa shape index (κ1) is 19.8. The maximum absolute atomic E-state index is 13.4. The highest BCUT2D eigenvalue weighted by Crippen LogP contribution is 2.35. The number of benzene rings is 2. The molecular formula is C23H24N4O3. The fraction of sp³-hybridized carbons (Fsp3) is 0.261. The van der Waals surface area contributed by atoms with Gasteiger partial charge in [0.05, 0.1) is 10.4 Å². The molecule has 0 amide bonds. The maximum atomic E-state index is 13.4. The van der Waals surface area contributed by atoms with Crippen LogP contribution < -0.4 is 10.5 Å². The molecule has 1 aromatic heterocycles. The minimum Gasteiger partial charge on any atom is -0.363 e. The standard InChI is InChI=1S/C23H24N4O3/c1-17(2)16-24-12-14-25(15-13-24)21-19-10-6-7-11-20(19)26(18-8-4-3-5-9-18)23(28)22(21)27(29)30/h3-11H,1,12-16H2,2H3. The smallest absolute Gasteiger partial charge is 0.358 e. The molecule has 0 atom stereocenters. The molecule has 3 aromatic rings. The second-order valence-electron chi connectivity index (χ2n) is 7.67. The molecule has 2 heterocycles. The lowest BCUT2D eigenvalue weighted by molar-refractivity contribution is -0.385. The van der Waals surface area contributed by atoms with Gasteiger partial charge in [0, 0.05) is 43.8 Å². The molecule has 154 valence electrons. The third-order valence-electron chi connectivity index (χ3n) is 5.41. The van der Waals surface area contributed by atoms with Crippen molar-refractivity contribution < 1.29 is 4.92 Å². The molecule has 1 aliphatic rings.